The van der Waals surface area contributed by atoms with Gasteiger partial charge < -0.3 is 6.74 Å². The normalized spacial score (nSPS) is 21.5. The summed E-state index contributed by atoms with van der Waals surface area (Å²) in [5.41, 5.74) is 9.97. The summed E-state index contributed by atoms with van der Waals surface area (Å²) in [5.74, 6) is 1.56. The second kappa shape index (κ2) is 14.0. The van der Waals surface area contributed by atoms with Crippen molar-refractivity contribution < 1.29 is 31.0 Å². The molecule has 3 atom stereocenters. The maximum absolute atomic E-state index is 4.66. The summed E-state index contributed by atoms with van der Waals surface area (Å²) in [7, 11) is 0. The van der Waals surface area contributed by atoms with Gasteiger partial charge in [-0.05, 0) is 79.5 Å². The van der Waals surface area contributed by atoms with Crippen LogP contribution < -0.4 is 34.9 Å². The molecule has 2 aromatic carbocycles. The third kappa shape index (κ3) is 7.47. The third-order valence-corrected chi connectivity index (χ3v) is 8.17. The molecule has 1 saturated heterocycles. The van der Waals surface area contributed by atoms with Crippen LogP contribution in [0.1, 0.15) is 65.6 Å². The predicted molar refractivity (Wildman–Crippen MR) is 152 cm³/mol. The average Bonchev–Trinajstić information content (AvgIpc) is 3.49. The number of nitrogens with one attached hydrogen (secondary N) is 1. The van der Waals surface area contributed by atoms with Crippen molar-refractivity contribution in [3.05, 3.63) is 58.5 Å². The van der Waals surface area contributed by atoms with Crippen molar-refractivity contribution in [1.29, 1.82) is 0 Å². The Balaban J connectivity index is 0.000000324. The first-order valence-corrected chi connectivity index (χ1v) is 13.3. The fourth-order valence-corrected chi connectivity index (χ4v) is 5.78. The number of thiazole rings is 2. The molecule has 0 amide bonds. The van der Waals surface area contributed by atoms with Crippen molar-refractivity contribution in [2.45, 2.75) is 53.0 Å². The number of rotatable bonds is 2. The van der Waals surface area contributed by atoms with E-state index in [1.165, 1.54) is 45.5 Å². The van der Waals surface area contributed by atoms with E-state index in [9.17, 15) is 0 Å². The van der Waals surface area contributed by atoms with Gasteiger partial charge >= 0.3 is 29.6 Å². The number of piperidine rings is 1. The molecule has 3 radical (unpaired) electrons. The minimum absolute atomic E-state index is 0. The number of aliphatic imine (C=N–C) groups is 1. The zero-order chi connectivity index (χ0) is 21.9. The predicted octanol–water partition coefficient (Wildman–Crippen LogP) is 4.24. The fraction of sp³-hybridized carbons (Fsp3) is 0.444. The molecule has 2 aromatic heterocycles. The van der Waals surface area contributed by atoms with Crippen LogP contribution in [0.2, 0.25) is 0 Å². The van der Waals surface area contributed by atoms with E-state index in [1.807, 2.05) is 11.0 Å². The number of benzene rings is 2. The Morgan fingerprint density at radius 3 is 2.20 bits per heavy atom. The van der Waals surface area contributed by atoms with Crippen LogP contribution in [0.5, 0.6) is 0 Å². The fourth-order valence-electron chi connectivity index (χ4n) is 4.47. The van der Waals surface area contributed by atoms with Gasteiger partial charge in [-0.15, -0.1) is 22.7 Å². The maximum Gasteiger partial charge on any atom is 1.00 e. The number of aromatic nitrogens is 2. The first-order valence-electron chi connectivity index (χ1n) is 11.6. The largest absolute Gasteiger partial charge is 1.00 e. The molecule has 0 spiro atoms. The SMILES string of the molecule is C.C[C@H]1CCC(c2ccc3scnc3c2)=NC1.C[C@H]1CC[C@H](c2ccc3scnc3c2)NC1.[B].[H-].[Na+]. The van der Waals surface area contributed by atoms with Crippen molar-refractivity contribution in [3.63, 3.8) is 0 Å². The van der Waals surface area contributed by atoms with E-state index in [0.717, 1.165) is 42.4 Å². The Bertz CT molecular complexity index is 1240. The van der Waals surface area contributed by atoms with E-state index >= 15 is 0 Å². The molecule has 0 bridgehead atoms. The van der Waals surface area contributed by atoms with Crippen LogP contribution >= 0.6 is 22.7 Å². The summed E-state index contributed by atoms with van der Waals surface area (Å²) in [6.07, 6.45) is 4.94. The molecular formula is C27H35BN4NaS2. The summed E-state index contributed by atoms with van der Waals surface area (Å²) in [5, 5.41) is 3.62. The molecule has 1 N–H and O–H groups in total. The molecule has 35 heavy (non-hydrogen) atoms. The first kappa shape index (κ1) is 30.1. The van der Waals surface area contributed by atoms with Gasteiger partial charge in [0, 0.05) is 26.7 Å². The van der Waals surface area contributed by atoms with Crippen LogP contribution in [-0.4, -0.2) is 37.2 Å². The molecule has 0 aliphatic carbocycles. The van der Waals surface area contributed by atoms with Gasteiger partial charge in [0.05, 0.1) is 31.5 Å². The quantitative estimate of drug-likeness (QED) is 0.408. The van der Waals surface area contributed by atoms with Crippen molar-refractivity contribution in [3.8, 4) is 0 Å². The number of hydrogen-bond acceptors (Lipinski definition) is 6. The monoisotopic (exact) mass is 513 g/mol. The van der Waals surface area contributed by atoms with Crippen LogP contribution in [0.25, 0.3) is 20.4 Å². The van der Waals surface area contributed by atoms with E-state index in [1.54, 1.807) is 22.7 Å². The number of hydrogen-bond donors (Lipinski definition) is 1. The second-order valence-corrected chi connectivity index (χ2v) is 11.0. The molecule has 2 aliphatic heterocycles. The molecule has 8 heteroatoms. The van der Waals surface area contributed by atoms with Crippen molar-refractivity contribution >= 4 is 57.2 Å². The van der Waals surface area contributed by atoms with Crippen LogP contribution in [0.15, 0.2) is 52.4 Å². The molecule has 1 fully saturated rings. The maximum atomic E-state index is 4.66. The molecule has 6 rings (SSSR count). The Labute approximate surface area is 243 Å². The van der Waals surface area contributed by atoms with Crippen LogP contribution in [0, 0.1) is 11.8 Å². The van der Waals surface area contributed by atoms with Gasteiger partial charge in [0.25, 0.3) is 0 Å². The molecule has 2 aliphatic rings. The van der Waals surface area contributed by atoms with Gasteiger partial charge in [0.1, 0.15) is 0 Å². The smallest absolute Gasteiger partial charge is 1.00 e. The van der Waals surface area contributed by atoms with Crippen molar-refractivity contribution in [1.82, 2.24) is 15.3 Å². The van der Waals surface area contributed by atoms with Gasteiger partial charge in [-0.25, -0.2) is 9.97 Å². The van der Waals surface area contributed by atoms with E-state index in [-0.39, 0.29) is 46.8 Å². The van der Waals surface area contributed by atoms with E-state index in [4.69, 9.17) is 0 Å². The summed E-state index contributed by atoms with van der Waals surface area (Å²) >= 11 is 3.40. The average molecular weight is 514 g/mol. The van der Waals surface area contributed by atoms with Crippen molar-refractivity contribution in [2.75, 3.05) is 13.1 Å². The molecule has 179 valence electrons. The Kier molecular flexibility index (Phi) is 12.1. The zero-order valence-electron chi connectivity index (χ0n) is 21.3. The number of nitrogens with zero attached hydrogens (tertiary/aromatic N) is 3. The standard InChI is InChI=1S/C13H16N2S.C13H14N2S.CH4.B.Na.H/c2*1-9-2-4-11(14-7-9)10-3-5-13-12(6-10)15-8-16-13;;;;/h3,5-6,8-9,11,14H,2,4,7H2,1H3;3,5-6,8-9H,2,4,7H2,1H3;1H4;;;/q;;;;+1;-1/t9-,11+;9-;;;;/m00..../s1. The molecule has 4 nitrogen and oxygen atoms in total. The second-order valence-electron chi connectivity index (χ2n) is 9.19. The van der Waals surface area contributed by atoms with Gasteiger partial charge in [-0.1, -0.05) is 33.4 Å². The molecule has 0 unspecified atom stereocenters. The van der Waals surface area contributed by atoms with E-state index < -0.39 is 0 Å². The van der Waals surface area contributed by atoms with Gasteiger partial charge in [-0.2, -0.15) is 0 Å². The molecule has 4 aromatic rings. The van der Waals surface area contributed by atoms with Gasteiger partial charge in [0.2, 0.25) is 0 Å². The Hall–Kier alpha value is -1.09. The molecule has 0 saturated carbocycles. The Morgan fingerprint density at radius 2 is 1.57 bits per heavy atom. The summed E-state index contributed by atoms with van der Waals surface area (Å²) in [6.45, 7) is 6.70. The van der Waals surface area contributed by atoms with Crippen molar-refractivity contribution in [2.24, 2.45) is 16.8 Å². The topological polar surface area (TPSA) is 50.2 Å². The molecule has 4 heterocycles. The van der Waals surface area contributed by atoms with E-state index in [2.05, 4.69) is 70.5 Å². The zero-order valence-corrected chi connectivity index (χ0v) is 24.0. The number of fused-ring (bicyclic) bond motifs is 2. The Morgan fingerprint density at radius 1 is 0.886 bits per heavy atom. The minimum atomic E-state index is 0. The van der Waals surface area contributed by atoms with Crippen LogP contribution in [0.4, 0.5) is 0 Å². The molecular weight excluding hydrogens is 478 g/mol. The minimum Gasteiger partial charge on any atom is -1.00 e. The summed E-state index contributed by atoms with van der Waals surface area (Å²) in [4.78, 5) is 13.4. The summed E-state index contributed by atoms with van der Waals surface area (Å²) in [6, 6.07) is 13.7. The van der Waals surface area contributed by atoms with Crippen LogP contribution in [0.3, 0.4) is 0 Å². The first-order chi connectivity index (χ1) is 15.7. The van der Waals surface area contributed by atoms with Crippen LogP contribution in [-0.2, 0) is 0 Å². The van der Waals surface area contributed by atoms with E-state index in [0.29, 0.717) is 6.04 Å². The summed E-state index contributed by atoms with van der Waals surface area (Å²) < 4.78 is 2.54. The van der Waals surface area contributed by atoms with Gasteiger partial charge in [0.15, 0.2) is 0 Å². The van der Waals surface area contributed by atoms with Gasteiger partial charge in [-0.3, -0.25) is 4.99 Å². The third-order valence-electron chi connectivity index (χ3n) is 6.55.